The van der Waals surface area contributed by atoms with E-state index < -0.39 is 15.3 Å². The van der Waals surface area contributed by atoms with Crippen LogP contribution >= 0.6 is 11.6 Å². The van der Waals surface area contributed by atoms with Gasteiger partial charge in [-0.05, 0) is 44.9 Å². The van der Waals surface area contributed by atoms with Crippen LogP contribution in [0.4, 0.5) is 5.82 Å². The largest absolute Gasteiger partial charge is 0.422 e. The number of rotatable bonds is 7. The predicted octanol–water partition coefficient (Wildman–Crippen LogP) is 4.45. The maximum Gasteiger partial charge on any atom is 0.324 e. The Kier molecular flexibility index (Phi) is 6.90. The molecule has 0 unspecified atom stereocenters. The number of nitrogens with one attached hydrogen (secondary N) is 1. The standard InChI is InChI=1S/C22H25ClN4O4S/c1-6-15(4)32(29,30)26-19-11-18(16-10-14(3)21(28)27(5)12-16)24-22(25-19)31-20-13(2)8-7-9-17(20)23/h7-12,15H,6H2,1-5H3,(H,24,25,26)/t15-/m0/s1. The lowest BCUT2D eigenvalue weighted by atomic mass is 10.1. The zero-order chi connectivity index (χ0) is 23.6. The highest BCUT2D eigenvalue weighted by Crippen LogP contribution is 2.33. The van der Waals surface area contributed by atoms with Crippen LogP contribution in [-0.2, 0) is 17.1 Å². The molecule has 170 valence electrons. The Morgan fingerprint density at radius 3 is 2.53 bits per heavy atom. The molecule has 2 heterocycles. The van der Waals surface area contributed by atoms with Crippen LogP contribution < -0.4 is 15.0 Å². The molecule has 0 saturated carbocycles. The van der Waals surface area contributed by atoms with E-state index in [0.29, 0.717) is 34.0 Å². The zero-order valence-corrected chi connectivity index (χ0v) is 20.1. The highest BCUT2D eigenvalue weighted by molar-refractivity contribution is 7.93. The summed E-state index contributed by atoms with van der Waals surface area (Å²) in [6, 6.07) is 8.41. The summed E-state index contributed by atoms with van der Waals surface area (Å²) in [5.74, 6) is 0.431. The molecule has 3 aromatic rings. The van der Waals surface area contributed by atoms with E-state index in [9.17, 15) is 13.2 Å². The summed E-state index contributed by atoms with van der Waals surface area (Å²) in [6.07, 6.45) is 2.06. The molecule has 3 rings (SSSR count). The minimum atomic E-state index is -3.67. The van der Waals surface area contributed by atoms with Gasteiger partial charge in [-0.3, -0.25) is 9.52 Å². The molecule has 1 aromatic carbocycles. The monoisotopic (exact) mass is 476 g/mol. The van der Waals surface area contributed by atoms with Gasteiger partial charge in [-0.1, -0.05) is 30.7 Å². The first kappa shape index (κ1) is 23.7. The number of nitrogens with zero attached hydrogens (tertiary/aromatic N) is 3. The number of halogens is 1. The minimum Gasteiger partial charge on any atom is -0.422 e. The van der Waals surface area contributed by atoms with E-state index in [0.717, 1.165) is 5.56 Å². The third-order valence-corrected chi connectivity index (χ3v) is 7.26. The van der Waals surface area contributed by atoms with Crippen LogP contribution in [0.15, 0.2) is 41.3 Å². The highest BCUT2D eigenvalue weighted by atomic mass is 35.5. The molecule has 0 aliphatic rings. The van der Waals surface area contributed by atoms with E-state index in [4.69, 9.17) is 16.3 Å². The van der Waals surface area contributed by atoms with E-state index in [1.807, 2.05) is 13.0 Å². The average Bonchev–Trinajstić information content (AvgIpc) is 2.73. The van der Waals surface area contributed by atoms with Crippen molar-refractivity contribution in [1.82, 2.24) is 14.5 Å². The van der Waals surface area contributed by atoms with E-state index >= 15 is 0 Å². The quantitative estimate of drug-likeness (QED) is 0.540. The normalized spacial score (nSPS) is 12.4. The molecule has 8 nitrogen and oxygen atoms in total. The van der Waals surface area contributed by atoms with Crippen molar-refractivity contribution in [2.75, 3.05) is 4.72 Å². The van der Waals surface area contributed by atoms with Gasteiger partial charge in [-0.15, -0.1) is 0 Å². The van der Waals surface area contributed by atoms with Gasteiger partial charge in [-0.25, -0.2) is 8.42 Å². The molecule has 0 spiro atoms. The number of anilines is 1. The van der Waals surface area contributed by atoms with Gasteiger partial charge < -0.3 is 9.30 Å². The second kappa shape index (κ2) is 9.30. The molecule has 32 heavy (non-hydrogen) atoms. The summed E-state index contributed by atoms with van der Waals surface area (Å²) >= 11 is 6.27. The second-order valence-electron chi connectivity index (χ2n) is 7.60. The third-order valence-electron chi connectivity index (χ3n) is 5.07. The molecule has 0 bridgehead atoms. The lowest BCUT2D eigenvalue weighted by Crippen LogP contribution is -2.25. The number of ether oxygens (including phenoxy) is 1. The van der Waals surface area contributed by atoms with Crippen molar-refractivity contribution in [2.45, 2.75) is 39.4 Å². The molecule has 10 heteroatoms. The molecule has 0 aliphatic carbocycles. The summed E-state index contributed by atoms with van der Waals surface area (Å²) in [5.41, 5.74) is 2.15. The molecule has 1 N–H and O–H groups in total. The van der Waals surface area contributed by atoms with Crippen molar-refractivity contribution in [2.24, 2.45) is 7.05 Å². The molecular weight excluding hydrogens is 452 g/mol. The molecule has 0 saturated heterocycles. The third kappa shape index (κ3) is 5.11. The number of para-hydroxylation sites is 1. The molecule has 2 aromatic heterocycles. The molecule has 0 amide bonds. The SMILES string of the molecule is CC[C@H](C)S(=O)(=O)Nc1cc(-c2cc(C)c(=O)n(C)c2)nc(Oc2c(C)cccc2Cl)n1. The van der Waals surface area contributed by atoms with Crippen LogP contribution in [0.2, 0.25) is 5.02 Å². The van der Waals surface area contributed by atoms with Crippen molar-refractivity contribution >= 4 is 27.4 Å². The van der Waals surface area contributed by atoms with Gasteiger partial charge in [0.25, 0.3) is 5.56 Å². The Labute approximate surface area is 192 Å². The summed E-state index contributed by atoms with van der Waals surface area (Å²) in [5, 5.41) is -0.241. The van der Waals surface area contributed by atoms with Crippen molar-refractivity contribution in [3.8, 4) is 23.0 Å². The lowest BCUT2D eigenvalue weighted by Gasteiger charge is -2.15. The lowest BCUT2D eigenvalue weighted by molar-refractivity contribution is 0.440. The van der Waals surface area contributed by atoms with Crippen molar-refractivity contribution in [3.05, 3.63) is 63.0 Å². The molecule has 0 radical (unpaired) electrons. The Morgan fingerprint density at radius 2 is 1.91 bits per heavy atom. The van der Waals surface area contributed by atoms with E-state index in [2.05, 4.69) is 14.7 Å². The topological polar surface area (TPSA) is 103 Å². The molecule has 0 aliphatic heterocycles. The van der Waals surface area contributed by atoms with Crippen molar-refractivity contribution in [1.29, 1.82) is 0 Å². The summed E-state index contributed by atoms with van der Waals surface area (Å²) in [6.45, 7) is 6.93. The number of hydrogen-bond acceptors (Lipinski definition) is 6. The fourth-order valence-electron chi connectivity index (χ4n) is 2.99. The van der Waals surface area contributed by atoms with Gasteiger partial charge in [-0.2, -0.15) is 9.97 Å². The predicted molar refractivity (Wildman–Crippen MR) is 126 cm³/mol. The Bertz CT molecular complexity index is 1280. The number of benzene rings is 1. The van der Waals surface area contributed by atoms with E-state index in [1.165, 1.54) is 10.6 Å². The Morgan fingerprint density at radius 1 is 1.19 bits per heavy atom. The first-order valence-corrected chi connectivity index (χ1v) is 12.0. The van der Waals surface area contributed by atoms with Gasteiger partial charge in [0.1, 0.15) is 5.82 Å². The number of aromatic nitrogens is 3. The zero-order valence-electron chi connectivity index (χ0n) is 18.5. The number of aryl methyl sites for hydroxylation is 3. The average molecular weight is 477 g/mol. The van der Waals surface area contributed by atoms with Crippen LogP contribution in [0, 0.1) is 13.8 Å². The summed E-state index contributed by atoms with van der Waals surface area (Å²) < 4.78 is 35.1. The first-order chi connectivity index (χ1) is 15.0. The van der Waals surface area contributed by atoms with Gasteiger partial charge in [0.15, 0.2) is 5.75 Å². The number of hydrogen-bond donors (Lipinski definition) is 1. The van der Waals surface area contributed by atoms with Crippen LogP contribution in [0.25, 0.3) is 11.3 Å². The molecule has 0 fully saturated rings. The number of pyridine rings is 1. The first-order valence-electron chi connectivity index (χ1n) is 10.0. The van der Waals surface area contributed by atoms with Crippen LogP contribution in [0.3, 0.4) is 0 Å². The second-order valence-corrected chi connectivity index (χ2v) is 10.1. The smallest absolute Gasteiger partial charge is 0.324 e. The summed E-state index contributed by atoms with van der Waals surface area (Å²) in [4.78, 5) is 20.8. The summed E-state index contributed by atoms with van der Waals surface area (Å²) in [7, 11) is -2.03. The van der Waals surface area contributed by atoms with Crippen molar-refractivity contribution in [3.63, 3.8) is 0 Å². The highest BCUT2D eigenvalue weighted by Gasteiger charge is 2.21. The maximum atomic E-state index is 12.6. The molecular formula is C22H25ClN4O4S. The maximum absolute atomic E-state index is 12.6. The Hall–Kier alpha value is -2.91. The van der Waals surface area contributed by atoms with Gasteiger partial charge in [0.2, 0.25) is 10.0 Å². The Balaban J connectivity index is 2.15. The fraction of sp³-hybridized carbons (Fsp3) is 0.318. The van der Waals surface area contributed by atoms with Gasteiger partial charge in [0, 0.05) is 30.4 Å². The fourth-order valence-corrected chi connectivity index (χ4v) is 4.29. The molecule has 1 atom stereocenters. The number of sulfonamides is 1. The van der Waals surface area contributed by atoms with E-state index in [-0.39, 0.29) is 17.4 Å². The van der Waals surface area contributed by atoms with Gasteiger partial charge >= 0.3 is 6.01 Å². The van der Waals surface area contributed by atoms with Crippen LogP contribution in [0.1, 0.15) is 31.4 Å². The van der Waals surface area contributed by atoms with Crippen LogP contribution in [0.5, 0.6) is 11.8 Å². The minimum absolute atomic E-state index is 0.0570. The van der Waals surface area contributed by atoms with E-state index in [1.54, 1.807) is 52.2 Å². The van der Waals surface area contributed by atoms with Crippen LogP contribution in [-0.4, -0.2) is 28.2 Å². The van der Waals surface area contributed by atoms with Crippen molar-refractivity contribution < 1.29 is 13.2 Å². The van der Waals surface area contributed by atoms with Gasteiger partial charge in [0.05, 0.1) is 16.0 Å².